The number of hydrogen-bond donors (Lipinski definition) is 7. The van der Waals surface area contributed by atoms with Crippen molar-refractivity contribution < 1.29 is 63.1 Å². The standard InChI is InChI=1S/C63H61FN4O12/c64-52-33-41(32-44-36-55-53(34-40-10-6-5-7-11-40)67-54(39-68(55)62(44)74)42-13-16-45(69)17-14-42)12-23-56(52)79-27-9-4-2-1-3-8-25-65-59(72)24-28-77-30-31-78-29-26-66-61(73)43-15-20-48(63(75)76)51(35-43)60-49-21-18-46(70)37-57(49)80-58-38-47(71)19-22-50(58)60/h5-7,10-23,33,35-39,69-70,74H,1-4,8-9,24-32,34H2,(H,65,72)(H,66,73)(H,75,76)/p+1. The van der Waals surface area contributed by atoms with Crippen molar-refractivity contribution in [3.8, 4) is 56.8 Å². The number of unbranched alkanes of at least 4 members (excludes halogenated alkanes) is 5. The minimum Gasteiger partial charge on any atom is -0.508 e. The molecule has 5 aromatic carbocycles. The summed E-state index contributed by atoms with van der Waals surface area (Å²) in [7, 11) is 0. The number of fused-ring (bicyclic) bond motifs is 3. The fourth-order valence-corrected chi connectivity index (χ4v) is 9.58. The number of carboxylic acid groups (broad SMARTS) is 1. The maximum Gasteiger partial charge on any atom is 0.365 e. The van der Waals surface area contributed by atoms with E-state index in [1.165, 1.54) is 48.5 Å². The molecule has 9 rings (SSSR count). The van der Waals surface area contributed by atoms with Gasteiger partial charge in [-0.05, 0) is 114 Å². The average Bonchev–Trinajstić information content (AvgIpc) is 3.63. The number of amides is 1. The second-order valence-corrected chi connectivity index (χ2v) is 19.4. The van der Waals surface area contributed by atoms with Gasteiger partial charge >= 0.3 is 11.9 Å². The van der Waals surface area contributed by atoms with Gasteiger partial charge in [0.15, 0.2) is 29.4 Å². The molecule has 1 amide bonds. The third kappa shape index (κ3) is 14.2. The minimum atomic E-state index is -1.20. The molecule has 16 nitrogen and oxygen atoms in total. The number of phenols is 2. The van der Waals surface area contributed by atoms with Crippen molar-refractivity contribution in [2.24, 2.45) is 0 Å². The van der Waals surface area contributed by atoms with Gasteiger partial charge in [0.25, 0.3) is 0 Å². The molecule has 1 aliphatic carbocycles. The van der Waals surface area contributed by atoms with Crippen LogP contribution in [0.3, 0.4) is 0 Å². The Kier molecular flexibility index (Phi) is 18.5. The van der Waals surface area contributed by atoms with Gasteiger partial charge < -0.3 is 49.5 Å². The van der Waals surface area contributed by atoms with Crippen molar-refractivity contribution in [3.05, 3.63) is 189 Å². The van der Waals surface area contributed by atoms with Crippen molar-refractivity contribution in [3.63, 3.8) is 0 Å². The topological polar surface area (TPSA) is 236 Å². The summed E-state index contributed by atoms with van der Waals surface area (Å²) < 4.78 is 39.9. The van der Waals surface area contributed by atoms with E-state index >= 15 is 4.39 Å². The van der Waals surface area contributed by atoms with Crippen molar-refractivity contribution in [1.29, 1.82) is 0 Å². The second kappa shape index (κ2) is 26.5. The Labute approximate surface area is 460 Å². The number of benzene rings is 6. The van der Waals surface area contributed by atoms with Crippen LogP contribution in [-0.2, 0) is 27.1 Å². The number of aromatic carboxylic acids is 1. The largest absolute Gasteiger partial charge is 0.508 e. The number of halogens is 1. The van der Waals surface area contributed by atoms with Crippen LogP contribution in [0.25, 0.3) is 50.2 Å². The lowest BCUT2D eigenvalue weighted by Gasteiger charge is -2.17. The first-order chi connectivity index (χ1) is 38.9. The summed E-state index contributed by atoms with van der Waals surface area (Å²) in [5.41, 5.74) is 6.76. The number of ether oxygens (including phenoxy) is 3. The van der Waals surface area contributed by atoms with Crippen LogP contribution < -0.4 is 20.5 Å². The molecule has 0 spiro atoms. The Morgan fingerprint density at radius 3 is 2.25 bits per heavy atom. The predicted octanol–water partition coefficient (Wildman–Crippen LogP) is 9.36. The van der Waals surface area contributed by atoms with E-state index in [1.54, 1.807) is 53.1 Å². The number of phenolic OH excluding ortho intramolecular Hbond substituents is 2. The number of nitrogens with zero attached hydrogens (tertiary/aromatic N) is 2. The van der Waals surface area contributed by atoms with Crippen molar-refractivity contribution in [1.82, 2.24) is 14.7 Å². The molecular weight excluding hydrogens is 1020 g/mol. The summed E-state index contributed by atoms with van der Waals surface area (Å²) in [6.45, 7) is 2.18. The number of aromatic nitrogens is 2. The second-order valence-electron chi connectivity index (χ2n) is 19.4. The van der Waals surface area contributed by atoms with E-state index in [0.717, 1.165) is 60.9 Å². The third-order valence-corrected chi connectivity index (χ3v) is 13.7. The van der Waals surface area contributed by atoms with Gasteiger partial charge in [-0.1, -0.05) is 62.1 Å². The smallest absolute Gasteiger partial charge is 0.365 e. The molecule has 3 heterocycles. The lowest BCUT2D eigenvalue weighted by Crippen LogP contribution is -2.74. The van der Waals surface area contributed by atoms with E-state index in [-0.39, 0.29) is 102 Å². The van der Waals surface area contributed by atoms with Crippen LogP contribution >= 0.6 is 0 Å². The normalized spacial score (nSPS) is 11.7. The molecule has 0 saturated heterocycles. The van der Waals surface area contributed by atoms with Gasteiger partial charge in [-0.15, -0.1) is 0 Å². The van der Waals surface area contributed by atoms with E-state index in [2.05, 4.69) is 10.3 Å². The van der Waals surface area contributed by atoms with Crippen LogP contribution in [0.4, 0.5) is 4.39 Å². The van der Waals surface area contributed by atoms with Gasteiger partial charge in [0.05, 0.1) is 54.5 Å². The first kappa shape index (κ1) is 55.7. The summed E-state index contributed by atoms with van der Waals surface area (Å²) in [6, 6.07) is 36.6. The highest BCUT2D eigenvalue weighted by molar-refractivity contribution is 6.08. The van der Waals surface area contributed by atoms with Gasteiger partial charge in [-0.2, -0.15) is 0 Å². The van der Waals surface area contributed by atoms with Gasteiger partial charge in [0.2, 0.25) is 5.91 Å². The summed E-state index contributed by atoms with van der Waals surface area (Å²) in [4.78, 5) is 44.8. The van der Waals surface area contributed by atoms with Gasteiger partial charge in [-0.25, -0.2) is 19.2 Å². The zero-order valence-electron chi connectivity index (χ0n) is 44.0. The van der Waals surface area contributed by atoms with E-state index in [4.69, 9.17) is 23.6 Å². The van der Waals surface area contributed by atoms with Gasteiger partial charge in [-0.3, -0.25) is 14.0 Å². The Balaban J connectivity index is 0.628. The Morgan fingerprint density at radius 2 is 1.46 bits per heavy atom. The van der Waals surface area contributed by atoms with Crippen molar-refractivity contribution in [2.45, 2.75) is 57.8 Å². The number of hydrogen-bond acceptors (Lipinski definition) is 11. The first-order valence-electron chi connectivity index (χ1n) is 26.7. The Bertz CT molecular complexity index is 3670. The SMILES string of the molecule is O=C(CCOCCOCC[NH+]=C(O)c1ccc(C(=O)O)c(-c2c3ccc(=O)cc-3oc3cc(O)ccc23)c1)NCCCCCCCCOc1ccc(Cc2cc3c(Cc4ccccc4)nc(-c4ccc(O)cc4)cn3c2O)cc1F. The van der Waals surface area contributed by atoms with Crippen LogP contribution in [0.1, 0.15) is 83.3 Å². The molecule has 7 N–H and O–H groups in total. The van der Waals surface area contributed by atoms with Gasteiger partial charge in [0.1, 0.15) is 29.4 Å². The molecule has 0 fully saturated rings. The van der Waals surface area contributed by atoms with E-state index in [1.807, 2.05) is 42.5 Å². The third-order valence-electron chi connectivity index (χ3n) is 13.7. The highest BCUT2D eigenvalue weighted by Crippen LogP contribution is 2.42. The fraction of sp³-hybridized carbons (Fsp3) is 0.254. The molecule has 2 aromatic heterocycles. The average molecular weight is 1090 g/mol. The zero-order chi connectivity index (χ0) is 56.0. The Hall–Kier alpha value is -9.06. The molecule has 0 radical (unpaired) electrons. The number of aliphatic hydroxyl groups excluding tert-OH is 1. The molecule has 17 heteroatoms. The number of carbonyl (C=O) groups is 2. The monoisotopic (exact) mass is 1090 g/mol. The number of aromatic hydroxyl groups is 3. The highest BCUT2D eigenvalue weighted by Gasteiger charge is 2.24. The molecule has 2 aliphatic rings. The van der Waals surface area contributed by atoms with Crippen LogP contribution in [0.2, 0.25) is 0 Å². The number of carbonyl (C=O) groups excluding carboxylic acids is 1. The molecule has 0 bridgehead atoms. The zero-order valence-corrected chi connectivity index (χ0v) is 44.0. The number of nitrogens with one attached hydrogen (secondary N) is 2. The molecule has 80 heavy (non-hydrogen) atoms. The number of rotatable bonds is 27. The molecular formula is C63H62FN4O12+. The Morgan fingerprint density at radius 1 is 0.700 bits per heavy atom. The molecule has 1 aliphatic heterocycles. The van der Waals surface area contributed by atoms with Crippen molar-refractivity contribution >= 4 is 34.3 Å². The lowest BCUT2D eigenvalue weighted by molar-refractivity contribution is -0.469. The summed E-state index contributed by atoms with van der Waals surface area (Å²) >= 11 is 0. The van der Waals surface area contributed by atoms with Crippen LogP contribution in [-0.4, -0.2) is 98.8 Å². The predicted molar refractivity (Wildman–Crippen MR) is 301 cm³/mol. The summed E-state index contributed by atoms with van der Waals surface area (Å²) in [6.07, 6.45) is 8.33. The molecule has 0 saturated carbocycles. The van der Waals surface area contributed by atoms with Crippen molar-refractivity contribution in [2.75, 3.05) is 46.1 Å². The maximum atomic E-state index is 15.3. The minimum absolute atomic E-state index is 0.0421. The fourth-order valence-electron chi connectivity index (χ4n) is 9.58. The molecule has 0 atom stereocenters. The van der Waals surface area contributed by atoms with Crippen LogP contribution in [0, 0.1) is 5.82 Å². The lowest BCUT2D eigenvalue weighted by atomic mass is 9.89. The quantitative estimate of drug-likeness (QED) is 0.0110. The maximum absolute atomic E-state index is 15.3. The number of carboxylic acids is 1. The van der Waals surface area contributed by atoms with Crippen LogP contribution in [0.15, 0.2) is 149 Å². The first-order valence-corrected chi connectivity index (χ1v) is 26.7. The van der Waals surface area contributed by atoms with E-state index in [0.29, 0.717) is 64.9 Å². The van der Waals surface area contributed by atoms with E-state index < -0.39 is 11.8 Å². The summed E-state index contributed by atoms with van der Waals surface area (Å²) in [5, 5.41) is 55.9. The molecule has 7 aromatic rings. The highest BCUT2D eigenvalue weighted by atomic mass is 19.1. The van der Waals surface area contributed by atoms with Gasteiger partial charge in [0, 0.05) is 71.8 Å². The van der Waals surface area contributed by atoms with Crippen LogP contribution in [0.5, 0.6) is 23.1 Å². The van der Waals surface area contributed by atoms with E-state index in [9.17, 15) is 39.9 Å². The number of aliphatic hydroxyl groups is 1. The molecule has 0 unspecified atom stereocenters. The summed E-state index contributed by atoms with van der Waals surface area (Å²) in [5.74, 6) is -1.44. The molecule has 412 valence electrons.